The van der Waals surface area contributed by atoms with Crippen molar-refractivity contribution in [3.63, 3.8) is 0 Å². The molecule has 158 valence electrons. The van der Waals surface area contributed by atoms with Gasteiger partial charge in [-0.2, -0.15) is 4.36 Å². The van der Waals surface area contributed by atoms with E-state index in [1.54, 1.807) is 53.7 Å². The Morgan fingerprint density at radius 2 is 1.57 bits per heavy atom. The van der Waals surface area contributed by atoms with E-state index in [1.807, 2.05) is 18.2 Å². The number of hydrogen-bond acceptors (Lipinski definition) is 6. The molecular formula is C20H32N2O5S. The number of nitrogens with one attached hydrogen (secondary N) is 1. The van der Waals surface area contributed by atoms with E-state index in [0.717, 1.165) is 0 Å². The standard InChI is InChI=1S/C20H32N2O5S/c1-19(2,3)26-17(23)16(21-18(24)27-20(4,5)6)13-14-28(7,25)22-15-11-9-8-10-12-15/h8-12,16H,13-14H2,1-7H3,(H,21,24)/t16-,28?/m0/s1. The minimum atomic E-state index is -2.60. The lowest BCUT2D eigenvalue weighted by atomic mass is 10.1. The summed E-state index contributed by atoms with van der Waals surface area (Å²) < 4.78 is 27.7. The summed E-state index contributed by atoms with van der Waals surface area (Å²) in [6.07, 6.45) is 0.908. The number of benzene rings is 1. The molecule has 1 rings (SSSR count). The van der Waals surface area contributed by atoms with Gasteiger partial charge in [0.2, 0.25) is 0 Å². The van der Waals surface area contributed by atoms with Gasteiger partial charge in [-0.1, -0.05) is 18.2 Å². The highest BCUT2D eigenvalue weighted by Gasteiger charge is 2.29. The quantitative estimate of drug-likeness (QED) is 0.712. The summed E-state index contributed by atoms with van der Waals surface area (Å²) in [5.74, 6) is -0.491. The normalized spacial score (nSPS) is 15.1. The Balaban J connectivity index is 2.92. The molecule has 0 spiro atoms. The van der Waals surface area contributed by atoms with Gasteiger partial charge in [-0.3, -0.25) is 0 Å². The number of hydrogen-bond donors (Lipinski definition) is 1. The van der Waals surface area contributed by atoms with Crippen molar-refractivity contribution in [2.24, 2.45) is 4.36 Å². The van der Waals surface area contributed by atoms with Crippen LogP contribution in [0.1, 0.15) is 48.0 Å². The molecule has 1 aromatic rings. The predicted molar refractivity (Wildman–Crippen MR) is 111 cm³/mol. The number of carbonyl (C=O) groups is 2. The van der Waals surface area contributed by atoms with Crippen LogP contribution in [0, 0.1) is 0 Å². The molecule has 0 aromatic heterocycles. The second-order valence-corrected chi connectivity index (χ2v) is 11.1. The number of rotatable bonds is 6. The van der Waals surface area contributed by atoms with Gasteiger partial charge in [0.05, 0.1) is 5.69 Å². The SMILES string of the molecule is CC(C)(C)OC(=O)N[C@@H](CCS(C)(=O)=Nc1ccccc1)C(=O)OC(C)(C)C. The fourth-order valence-corrected chi connectivity index (χ4v) is 3.50. The first kappa shape index (κ1) is 23.9. The van der Waals surface area contributed by atoms with Crippen LogP contribution in [0.15, 0.2) is 34.7 Å². The van der Waals surface area contributed by atoms with Crippen molar-refractivity contribution in [1.29, 1.82) is 0 Å². The minimum absolute atomic E-state index is 0.111. The summed E-state index contributed by atoms with van der Waals surface area (Å²) in [4.78, 5) is 24.6. The highest BCUT2D eigenvalue weighted by molar-refractivity contribution is 7.93. The molecule has 0 heterocycles. The van der Waals surface area contributed by atoms with Crippen LogP contribution in [-0.4, -0.2) is 45.5 Å². The van der Waals surface area contributed by atoms with Crippen LogP contribution in [0.25, 0.3) is 0 Å². The average molecular weight is 413 g/mol. The average Bonchev–Trinajstić information content (AvgIpc) is 2.48. The van der Waals surface area contributed by atoms with Gasteiger partial charge in [0.25, 0.3) is 0 Å². The number of nitrogens with zero attached hydrogens (tertiary/aromatic N) is 1. The molecule has 0 bridgehead atoms. The minimum Gasteiger partial charge on any atom is -0.458 e. The van der Waals surface area contributed by atoms with E-state index in [1.165, 1.54) is 6.26 Å². The zero-order valence-electron chi connectivity index (χ0n) is 17.8. The molecule has 1 amide bonds. The second-order valence-electron chi connectivity index (χ2n) is 8.61. The summed E-state index contributed by atoms with van der Waals surface area (Å²) in [7, 11) is -2.60. The molecule has 7 nitrogen and oxygen atoms in total. The lowest BCUT2D eigenvalue weighted by Gasteiger charge is -2.26. The molecule has 0 radical (unpaired) electrons. The Morgan fingerprint density at radius 3 is 2.07 bits per heavy atom. The van der Waals surface area contributed by atoms with Crippen molar-refractivity contribution in [1.82, 2.24) is 5.32 Å². The third-order valence-corrected chi connectivity index (χ3v) is 4.81. The zero-order valence-corrected chi connectivity index (χ0v) is 18.6. The summed E-state index contributed by atoms with van der Waals surface area (Å²) in [6.45, 7) is 10.4. The van der Waals surface area contributed by atoms with Crippen LogP contribution >= 0.6 is 0 Å². The van der Waals surface area contributed by atoms with Crippen molar-refractivity contribution >= 4 is 27.5 Å². The lowest BCUT2D eigenvalue weighted by molar-refractivity contribution is -0.157. The van der Waals surface area contributed by atoms with Gasteiger partial charge < -0.3 is 14.8 Å². The van der Waals surface area contributed by atoms with Crippen LogP contribution in [0.2, 0.25) is 0 Å². The number of alkyl carbamates (subject to hydrolysis) is 1. The molecule has 0 aliphatic rings. The lowest BCUT2D eigenvalue weighted by Crippen LogP contribution is -2.46. The molecule has 1 unspecified atom stereocenters. The number of amides is 1. The number of esters is 1. The van der Waals surface area contributed by atoms with Crippen molar-refractivity contribution in [3.05, 3.63) is 30.3 Å². The molecule has 1 aromatic carbocycles. The van der Waals surface area contributed by atoms with Crippen LogP contribution in [-0.2, 0) is 24.0 Å². The number of ether oxygens (including phenoxy) is 2. The van der Waals surface area contributed by atoms with E-state index in [2.05, 4.69) is 9.68 Å². The topological polar surface area (TPSA) is 94.1 Å². The van der Waals surface area contributed by atoms with Gasteiger partial charge in [0.1, 0.15) is 17.2 Å². The Kier molecular flexibility index (Phi) is 8.05. The van der Waals surface area contributed by atoms with Crippen molar-refractivity contribution in [2.75, 3.05) is 12.0 Å². The maximum absolute atomic E-state index is 12.8. The fourth-order valence-electron chi connectivity index (χ4n) is 2.17. The van der Waals surface area contributed by atoms with Gasteiger partial charge in [0.15, 0.2) is 0 Å². The maximum Gasteiger partial charge on any atom is 0.408 e. The smallest absolute Gasteiger partial charge is 0.408 e. The molecule has 1 N–H and O–H groups in total. The first-order chi connectivity index (χ1) is 12.7. The molecule has 2 atom stereocenters. The largest absolute Gasteiger partial charge is 0.458 e. The van der Waals surface area contributed by atoms with E-state index in [0.29, 0.717) is 5.69 Å². The third-order valence-electron chi connectivity index (χ3n) is 3.22. The van der Waals surface area contributed by atoms with Gasteiger partial charge in [-0.25, -0.2) is 13.8 Å². The van der Waals surface area contributed by atoms with Crippen LogP contribution in [0.4, 0.5) is 10.5 Å². The van der Waals surface area contributed by atoms with Crippen LogP contribution in [0.3, 0.4) is 0 Å². The summed E-state index contributed by atoms with van der Waals surface area (Å²) >= 11 is 0. The molecule has 28 heavy (non-hydrogen) atoms. The molecule has 0 aliphatic heterocycles. The molecule has 0 saturated carbocycles. The van der Waals surface area contributed by atoms with Crippen molar-refractivity contribution in [3.8, 4) is 0 Å². The van der Waals surface area contributed by atoms with Gasteiger partial charge in [-0.15, -0.1) is 0 Å². The molecule has 8 heteroatoms. The predicted octanol–water partition coefficient (Wildman–Crippen LogP) is 4.04. The van der Waals surface area contributed by atoms with Crippen molar-refractivity contribution in [2.45, 2.75) is 65.2 Å². The Bertz CT molecular complexity index is 785. The van der Waals surface area contributed by atoms with Gasteiger partial charge in [0, 0.05) is 21.7 Å². The highest BCUT2D eigenvalue weighted by Crippen LogP contribution is 2.16. The first-order valence-electron chi connectivity index (χ1n) is 9.14. The Morgan fingerprint density at radius 1 is 1.04 bits per heavy atom. The third kappa shape index (κ3) is 10.3. The van der Waals surface area contributed by atoms with Crippen LogP contribution < -0.4 is 5.32 Å². The Hall–Kier alpha value is -2.09. The van der Waals surface area contributed by atoms with Crippen LogP contribution in [0.5, 0.6) is 0 Å². The number of carbonyl (C=O) groups excluding carboxylic acids is 2. The highest BCUT2D eigenvalue weighted by atomic mass is 32.2. The van der Waals surface area contributed by atoms with E-state index in [4.69, 9.17) is 9.47 Å². The van der Waals surface area contributed by atoms with E-state index in [9.17, 15) is 13.8 Å². The summed E-state index contributed by atoms with van der Waals surface area (Å²) in [6, 6.07) is 7.99. The van der Waals surface area contributed by atoms with E-state index in [-0.39, 0.29) is 12.2 Å². The molecular weight excluding hydrogens is 380 g/mol. The summed E-state index contributed by atoms with van der Waals surface area (Å²) in [5, 5.41) is 2.53. The van der Waals surface area contributed by atoms with Gasteiger partial charge >= 0.3 is 12.1 Å². The summed E-state index contributed by atoms with van der Waals surface area (Å²) in [5.41, 5.74) is -0.819. The first-order valence-corrected chi connectivity index (χ1v) is 11.2. The molecule has 0 fully saturated rings. The fraction of sp³-hybridized carbons (Fsp3) is 0.600. The van der Waals surface area contributed by atoms with Gasteiger partial charge in [-0.05, 0) is 60.1 Å². The second kappa shape index (κ2) is 9.41. The van der Waals surface area contributed by atoms with Crippen molar-refractivity contribution < 1.29 is 23.3 Å². The monoisotopic (exact) mass is 412 g/mol. The maximum atomic E-state index is 12.8. The zero-order chi connectivity index (χ0) is 21.6. The molecule has 0 aliphatic carbocycles. The van der Waals surface area contributed by atoms with E-state index >= 15 is 0 Å². The van der Waals surface area contributed by atoms with E-state index < -0.39 is 39.0 Å². The Labute approximate surface area is 168 Å². The molecule has 0 saturated heterocycles.